The third-order valence-electron chi connectivity index (χ3n) is 0. The van der Waals surface area contributed by atoms with Gasteiger partial charge in [-0.1, -0.05) is 45.0 Å². The summed E-state index contributed by atoms with van der Waals surface area (Å²) >= 11 is 19.3. The van der Waals surface area contributed by atoms with Gasteiger partial charge in [-0.05, 0) is 0 Å². The van der Waals surface area contributed by atoms with Gasteiger partial charge in [0.15, 0.2) is 6.78 Å². The fraction of sp³-hybridized carbons (Fsp3) is 0. The zero-order valence-electron chi connectivity index (χ0n) is 3.04. The molecule has 0 aromatic carbocycles. The number of nitrogens with two attached hydrogens (primary N) is 1. The molecule has 0 aliphatic rings. The van der Waals surface area contributed by atoms with Gasteiger partial charge in [0, 0.05) is 0 Å². The highest BCUT2D eigenvalue weighted by atomic mass is 35.9. The molecule has 0 aromatic heterocycles. The van der Waals surface area contributed by atoms with Gasteiger partial charge in [0.05, 0.1) is 7.29 Å². The van der Waals surface area contributed by atoms with Gasteiger partial charge in [-0.3, -0.25) is 5.50 Å². The van der Waals surface area contributed by atoms with Crippen LogP contribution in [0.3, 0.4) is 0 Å². The van der Waals surface area contributed by atoms with Crippen molar-refractivity contribution in [3.63, 3.8) is 0 Å². The quantitative estimate of drug-likeness (QED) is 0.620. The highest BCUT2D eigenvalue weighted by Gasteiger charge is 1.75. The number of hydrogen-bond acceptors (Lipinski definition) is 1. The van der Waals surface area contributed by atoms with Crippen molar-refractivity contribution >= 4 is 59.0 Å². The van der Waals surface area contributed by atoms with E-state index in [0.29, 0.717) is 0 Å². The molecule has 0 heterocycles. The maximum absolute atomic E-state index is 4.88. The molecular weight excluding hydrogens is 218 g/mol. The van der Waals surface area contributed by atoms with Gasteiger partial charge < -0.3 is 0 Å². The lowest BCUT2D eigenvalue weighted by molar-refractivity contribution is 2.03. The van der Waals surface area contributed by atoms with Gasteiger partial charge in [0.2, 0.25) is 0 Å². The normalized spacial score (nSPS) is 7.71. The summed E-state index contributed by atoms with van der Waals surface area (Å²) in [4.78, 5) is 0. The van der Waals surface area contributed by atoms with E-state index in [1.807, 2.05) is 0 Å². The largest absolute Gasteiger partial charge is 0.285 e. The molecule has 0 radical (unpaired) electrons. The molecule has 0 aromatic rings. The van der Waals surface area contributed by atoms with Crippen LogP contribution >= 0.6 is 59.0 Å². The highest BCUT2D eigenvalue weighted by Crippen LogP contribution is 2.36. The van der Waals surface area contributed by atoms with E-state index in [1.54, 1.807) is 0 Å². The van der Waals surface area contributed by atoms with Crippen LogP contribution in [0.15, 0.2) is 0 Å². The van der Waals surface area contributed by atoms with Crippen LogP contribution in [0.2, 0.25) is 0 Å². The van der Waals surface area contributed by atoms with Gasteiger partial charge >= 0.3 is 0 Å². The predicted octanol–water partition coefficient (Wildman–Crippen LogP) is 3.62. The van der Waals surface area contributed by atoms with Gasteiger partial charge in [-0.2, -0.15) is 0 Å². The van der Waals surface area contributed by atoms with Crippen molar-refractivity contribution in [1.82, 2.24) is 0 Å². The fourth-order valence-electron chi connectivity index (χ4n) is 0. The molecule has 0 amide bonds. The Morgan fingerprint density at radius 1 is 1.29 bits per heavy atom. The van der Waals surface area contributed by atoms with E-state index in [-0.39, 0.29) is 7.29 Å². The third kappa shape index (κ3) is 72.8. The first-order valence-electron chi connectivity index (χ1n) is 0.974. The SMILES string of the molecule is ClPCl.NP(Cl)Cl. The Balaban J connectivity index is 0. The molecule has 0 atom stereocenters. The maximum atomic E-state index is 4.88. The second kappa shape index (κ2) is 10.9. The Morgan fingerprint density at radius 2 is 1.29 bits per heavy atom. The molecule has 0 spiro atoms. The monoisotopic (exact) mass is 219 g/mol. The number of rotatable bonds is 0. The predicted molar refractivity (Wildman–Crippen MR) is 42.8 cm³/mol. The van der Waals surface area contributed by atoms with E-state index in [0.717, 1.165) is 0 Å². The van der Waals surface area contributed by atoms with Crippen LogP contribution in [-0.4, -0.2) is 0 Å². The summed E-state index contributed by atoms with van der Waals surface area (Å²) in [5.41, 5.74) is 4.71. The van der Waals surface area contributed by atoms with Crippen molar-refractivity contribution in [3.8, 4) is 0 Å². The average molecular weight is 221 g/mol. The third-order valence-corrected chi connectivity index (χ3v) is 0. The van der Waals surface area contributed by atoms with Crippen molar-refractivity contribution in [2.24, 2.45) is 5.50 Å². The summed E-state index contributed by atoms with van der Waals surface area (Å²) < 4.78 is 0. The molecule has 0 fully saturated rings. The van der Waals surface area contributed by atoms with Crippen molar-refractivity contribution in [2.75, 3.05) is 0 Å². The molecule has 0 saturated heterocycles. The highest BCUT2D eigenvalue weighted by molar-refractivity contribution is 8.02. The first kappa shape index (κ1) is 11.7. The van der Waals surface area contributed by atoms with Gasteiger partial charge in [-0.25, -0.2) is 0 Å². The van der Waals surface area contributed by atoms with Gasteiger partial charge in [0.1, 0.15) is 0 Å². The minimum Gasteiger partial charge on any atom is -0.285 e. The second-order valence-corrected chi connectivity index (χ2v) is 5.41. The Labute approximate surface area is 64.6 Å². The molecule has 7 heteroatoms. The first-order valence-corrected chi connectivity index (χ1v) is 7.22. The zero-order valence-corrected chi connectivity index (χ0v) is 7.95. The van der Waals surface area contributed by atoms with Crippen LogP contribution in [0.4, 0.5) is 0 Å². The molecular formula is H3Cl4NP2. The lowest BCUT2D eigenvalue weighted by Gasteiger charge is -1.73. The number of hydrogen-bond donors (Lipinski definition) is 1. The van der Waals surface area contributed by atoms with E-state index >= 15 is 0 Å². The molecule has 2 N–H and O–H groups in total. The summed E-state index contributed by atoms with van der Waals surface area (Å²) in [5.74, 6) is 0. The summed E-state index contributed by atoms with van der Waals surface area (Å²) in [6.45, 7) is -1.18. The van der Waals surface area contributed by atoms with Crippen molar-refractivity contribution in [2.45, 2.75) is 0 Å². The molecule has 0 unspecified atom stereocenters. The summed E-state index contributed by atoms with van der Waals surface area (Å²) in [7, 11) is 0.0278. The topological polar surface area (TPSA) is 26.0 Å². The van der Waals surface area contributed by atoms with E-state index in [9.17, 15) is 0 Å². The fourth-order valence-corrected chi connectivity index (χ4v) is 0. The minimum absolute atomic E-state index is 0.0278. The minimum atomic E-state index is -1.18. The summed E-state index contributed by atoms with van der Waals surface area (Å²) in [6.07, 6.45) is 0. The van der Waals surface area contributed by atoms with Crippen LogP contribution in [0.1, 0.15) is 0 Å². The van der Waals surface area contributed by atoms with E-state index in [1.165, 1.54) is 0 Å². The average Bonchev–Trinajstić information content (AvgIpc) is 1.33. The van der Waals surface area contributed by atoms with E-state index in [4.69, 9.17) is 50.5 Å². The van der Waals surface area contributed by atoms with Crippen LogP contribution in [0.5, 0.6) is 0 Å². The van der Waals surface area contributed by atoms with Gasteiger partial charge in [0.25, 0.3) is 0 Å². The summed E-state index contributed by atoms with van der Waals surface area (Å²) in [6, 6.07) is 0. The second-order valence-electron chi connectivity index (χ2n) is 0.330. The Morgan fingerprint density at radius 3 is 1.29 bits per heavy atom. The lowest BCUT2D eigenvalue weighted by Crippen LogP contribution is -1.63. The molecule has 0 saturated carbocycles. The molecule has 1 nitrogen and oxygen atoms in total. The van der Waals surface area contributed by atoms with Crippen molar-refractivity contribution < 1.29 is 0 Å². The van der Waals surface area contributed by atoms with Crippen molar-refractivity contribution in [1.29, 1.82) is 0 Å². The van der Waals surface area contributed by atoms with Crippen LogP contribution < -0.4 is 5.50 Å². The molecule has 46 valence electrons. The van der Waals surface area contributed by atoms with E-state index in [2.05, 4.69) is 0 Å². The van der Waals surface area contributed by atoms with Crippen molar-refractivity contribution in [3.05, 3.63) is 0 Å². The molecule has 7 heavy (non-hydrogen) atoms. The smallest absolute Gasteiger partial charge is 0.154 e. The van der Waals surface area contributed by atoms with Gasteiger partial charge in [-0.15, -0.1) is 0 Å². The standard InChI is InChI=1S/Cl2H2NP.Cl2HP/c1-4(2)3;1-3-2/h3H2;3H. The van der Waals surface area contributed by atoms with Crippen LogP contribution in [-0.2, 0) is 0 Å². The molecule has 0 aliphatic heterocycles. The molecule has 0 rings (SSSR count). The maximum Gasteiger partial charge on any atom is 0.154 e. The van der Waals surface area contributed by atoms with Crippen LogP contribution in [0.25, 0.3) is 0 Å². The molecule has 0 bridgehead atoms. The zero-order chi connectivity index (χ0) is 6.28. The summed E-state index contributed by atoms with van der Waals surface area (Å²) in [5, 5.41) is 0. The Kier molecular flexibility index (Phi) is 18.2. The molecule has 0 aliphatic carbocycles. The van der Waals surface area contributed by atoms with Crippen LogP contribution in [0, 0.1) is 0 Å². The lowest BCUT2D eigenvalue weighted by atomic mass is 13.9. The Hall–Kier alpha value is 1.98. The number of halogens is 4. The Bertz CT molecular complexity index is 20.9. The van der Waals surface area contributed by atoms with E-state index < -0.39 is 6.78 Å². The first-order chi connectivity index (χ1) is 3.15.